The summed E-state index contributed by atoms with van der Waals surface area (Å²) in [5, 5.41) is 8.61. The maximum Gasteiger partial charge on any atom is 0.303 e. The van der Waals surface area contributed by atoms with E-state index in [0.717, 1.165) is 30.6 Å². The molecule has 0 spiro atoms. The summed E-state index contributed by atoms with van der Waals surface area (Å²) in [6.45, 7) is 0. The second-order valence-electron chi connectivity index (χ2n) is 4.92. The zero-order chi connectivity index (χ0) is 12.8. The summed E-state index contributed by atoms with van der Waals surface area (Å²) in [6, 6.07) is 8.04. The standard InChI is InChI=1S/C15H20O3/c16-15(17)10-4-6-12-5-3-9-14(11-12)18-13-7-1-2-8-13/h3,5,9,11,13H,1-2,4,6-8,10H2,(H,16,17). The summed E-state index contributed by atoms with van der Waals surface area (Å²) in [6.07, 6.45) is 6.93. The lowest BCUT2D eigenvalue weighted by atomic mass is 10.1. The van der Waals surface area contributed by atoms with Gasteiger partial charge in [-0.25, -0.2) is 0 Å². The number of carbonyl (C=O) groups is 1. The van der Waals surface area contributed by atoms with Crippen molar-refractivity contribution in [2.24, 2.45) is 0 Å². The predicted molar refractivity (Wildman–Crippen MR) is 69.9 cm³/mol. The first kappa shape index (κ1) is 12.9. The van der Waals surface area contributed by atoms with E-state index < -0.39 is 5.97 Å². The van der Waals surface area contributed by atoms with Crippen molar-refractivity contribution in [2.75, 3.05) is 0 Å². The van der Waals surface area contributed by atoms with Crippen LogP contribution in [-0.2, 0) is 11.2 Å². The summed E-state index contributed by atoms with van der Waals surface area (Å²) in [5.74, 6) is 0.197. The summed E-state index contributed by atoms with van der Waals surface area (Å²) >= 11 is 0. The van der Waals surface area contributed by atoms with E-state index in [1.54, 1.807) is 0 Å². The molecule has 0 unspecified atom stereocenters. The molecule has 1 N–H and O–H groups in total. The molecular formula is C15H20O3. The molecule has 3 heteroatoms. The minimum Gasteiger partial charge on any atom is -0.490 e. The van der Waals surface area contributed by atoms with Crippen LogP contribution in [0.5, 0.6) is 5.75 Å². The number of carboxylic acids is 1. The summed E-state index contributed by atoms with van der Waals surface area (Å²) < 4.78 is 5.93. The Hall–Kier alpha value is -1.51. The fourth-order valence-electron chi connectivity index (χ4n) is 2.42. The van der Waals surface area contributed by atoms with E-state index in [1.165, 1.54) is 12.8 Å². The monoisotopic (exact) mass is 248 g/mol. The molecule has 0 aromatic heterocycles. The van der Waals surface area contributed by atoms with Crippen molar-refractivity contribution in [3.05, 3.63) is 29.8 Å². The van der Waals surface area contributed by atoms with Crippen LogP contribution in [0.2, 0.25) is 0 Å². The minimum absolute atomic E-state index is 0.230. The molecule has 1 aliphatic carbocycles. The van der Waals surface area contributed by atoms with Crippen LogP contribution in [0.25, 0.3) is 0 Å². The number of hydrogen-bond donors (Lipinski definition) is 1. The van der Waals surface area contributed by atoms with Gasteiger partial charge in [0.15, 0.2) is 0 Å². The molecule has 0 bridgehead atoms. The zero-order valence-corrected chi connectivity index (χ0v) is 10.6. The molecular weight excluding hydrogens is 228 g/mol. The van der Waals surface area contributed by atoms with Gasteiger partial charge in [-0.2, -0.15) is 0 Å². The number of ether oxygens (including phenoxy) is 1. The van der Waals surface area contributed by atoms with E-state index in [0.29, 0.717) is 12.5 Å². The Balaban J connectivity index is 1.86. The number of rotatable bonds is 6. The molecule has 1 aliphatic rings. The van der Waals surface area contributed by atoms with Gasteiger partial charge in [-0.3, -0.25) is 4.79 Å². The Morgan fingerprint density at radius 3 is 2.83 bits per heavy atom. The molecule has 0 heterocycles. The Kier molecular flexibility index (Phi) is 4.62. The first-order valence-electron chi connectivity index (χ1n) is 6.71. The minimum atomic E-state index is -0.728. The first-order valence-corrected chi connectivity index (χ1v) is 6.71. The molecule has 2 rings (SSSR count). The Bertz CT molecular complexity index is 394. The van der Waals surface area contributed by atoms with Crippen LogP contribution in [0.1, 0.15) is 44.1 Å². The van der Waals surface area contributed by atoms with E-state index in [2.05, 4.69) is 0 Å². The molecule has 0 aliphatic heterocycles. The van der Waals surface area contributed by atoms with E-state index in [-0.39, 0.29) is 6.42 Å². The van der Waals surface area contributed by atoms with Gasteiger partial charge in [0.2, 0.25) is 0 Å². The number of aliphatic carboxylic acids is 1. The number of benzene rings is 1. The van der Waals surface area contributed by atoms with Crippen molar-refractivity contribution < 1.29 is 14.6 Å². The van der Waals surface area contributed by atoms with Crippen LogP contribution in [0.3, 0.4) is 0 Å². The second-order valence-corrected chi connectivity index (χ2v) is 4.92. The molecule has 0 radical (unpaired) electrons. The second kappa shape index (κ2) is 6.43. The van der Waals surface area contributed by atoms with Gasteiger partial charge in [-0.05, 0) is 56.2 Å². The number of carboxylic acid groups (broad SMARTS) is 1. The third-order valence-electron chi connectivity index (χ3n) is 3.36. The molecule has 0 atom stereocenters. The van der Waals surface area contributed by atoms with Crippen molar-refractivity contribution in [3.8, 4) is 5.75 Å². The van der Waals surface area contributed by atoms with Gasteiger partial charge in [0.25, 0.3) is 0 Å². The van der Waals surface area contributed by atoms with Gasteiger partial charge >= 0.3 is 5.97 Å². The van der Waals surface area contributed by atoms with Crippen molar-refractivity contribution >= 4 is 5.97 Å². The quantitative estimate of drug-likeness (QED) is 0.839. The lowest BCUT2D eigenvalue weighted by Gasteiger charge is -2.13. The SMILES string of the molecule is O=C(O)CCCc1cccc(OC2CCCC2)c1. The fourth-order valence-corrected chi connectivity index (χ4v) is 2.42. The third kappa shape index (κ3) is 4.06. The largest absolute Gasteiger partial charge is 0.490 e. The Morgan fingerprint density at radius 1 is 1.33 bits per heavy atom. The molecule has 98 valence electrons. The van der Waals surface area contributed by atoms with E-state index in [9.17, 15) is 4.79 Å². The topological polar surface area (TPSA) is 46.5 Å². The average Bonchev–Trinajstić information content (AvgIpc) is 2.82. The van der Waals surface area contributed by atoms with Crippen LogP contribution >= 0.6 is 0 Å². The van der Waals surface area contributed by atoms with E-state index in [1.807, 2.05) is 24.3 Å². The van der Waals surface area contributed by atoms with Crippen molar-refractivity contribution in [1.82, 2.24) is 0 Å². The van der Waals surface area contributed by atoms with Crippen LogP contribution in [0, 0.1) is 0 Å². The van der Waals surface area contributed by atoms with Crippen LogP contribution < -0.4 is 4.74 Å². The smallest absolute Gasteiger partial charge is 0.303 e. The van der Waals surface area contributed by atoms with Gasteiger partial charge in [0.05, 0.1) is 6.10 Å². The van der Waals surface area contributed by atoms with Crippen LogP contribution in [0.15, 0.2) is 24.3 Å². The highest BCUT2D eigenvalue weighted by Gasteiger charge is 2.16. The fraction of sp³-hybridized carbons (Fsp3) is 0.533. The van der Waals surface area contributed by atoms with E-state index in [4.69, 9.17) is 9.84 Å². The lowest BCUT2D eigenvalue weighted by Crippen LogP contribution is -2.10. The molecule has 1 aromatic rings. The highest BCUT2D eigenvalue weighted by Crippen LogP contribution is 2.24. The third-order valence-corrected chi connectivity index (χ3v) is 3.36. The first-order chi connectivity index (χ1) is 8.74. The molecule has 18 heavy (non-hydrogen) atoms. The van der Waals surface area contributed by atoms with Crippen molar-refractivity contribution in [3.63, 3.8) is 0 Å². The van der Waals surface area contributed by atoms with Gasteiger partial charge in [0.1, 0.15) is 5.75 Å². The van der Waals surface area contributed by atoms with Crippen LogP contribution in [-0.4, -0.2) is 17.2 Å². The maximum atomic E-state index is 10.5. The molecule has 3 nitrogen and oxygen atoms in total. The molecule has 1 aromatic carbocycles. The average molecular weight is 248 g/mol. The van der Waals surface area contributed by atoms with Gasteiger partial charge in [0, 0.05) is 6.42 Å². The van der Waals surface area contributed by atoms with Gasteiger partial charge < -0.3 is 9.84 Å². The van der Waals surface area contributed by atoms with Gasteiger partial charge in [-0.15, -0.1) is 0 Å². The highest BCUT2D eigenvalue weighted by atomic mass is 16.5. The Labute approximate surface area is 108 Å². The highest BCUT2D eigenvalue weighted by molar-refractivity contribution is 5.66. The van der Waals surface area contributed by atoms with Crippen molar-refractivity contribution in [1.29, 1.82) is 0 Å². The lowest BCUT2D eigenvalue weighted by molar-refractivity contribution is -0.137. The normalized spacial score (nSPS) is 15.8. The molecule has 1 fully saturated rings. The van der Waals surface area contributed by atoms with Gasteiger partial charge in [-0.1, -0.05) is 12.1 Å². The molecule has 1 saturated carbocycles. The van der Waals surface area contributed by atoms with Crippen LogP contribution in [0.4, 0.5) is 0 Å². The predicted octanol–water partition coefficient (Wildman–Crippen LogP) is 3.42. The Morgan fingerprint density at radius 2 is 2.11 bits per heavy atom. The number of aryl methyl sites for hydroxylation is 1. The van der Waals surface area contributed by atoms with Crippen molar-refractivity contribution in [2.45, 2.75) is 51.0 Å². The maximum absolute atomic E-state index is 10.5. The summed E-state index contributed by atoms with van der Waals surface area (Å²) in [7, 11) is 0. The zero-order valence-electron chi connectivity index (χ0n) is 10.6. The summed E-state index contributed by atoms with van der Waals surface area (Å²) in [4.78, 5) is 10.5. The van der Waals surface area contributed by atoms with E-state index >= 15 is 0 Å². The number of hydrogen-bond acceptors (Lipinski definition) is 2. The summed E-state index contributed by atoms with van der Waals surface area (Å²) in [5.41, 5.74) is 1.16. The molecule has 0 saturated heterocycles. The molecule has 0 amide bonds.